The maximum atomic E-state index is 10.8. The summed E-state index contributed by atoms with van der Waals surface area (Å²) in [6.45, 7) is 1.33. The van der Waals surface area contributed by atoms with E-state index < -0.39 is 0 Å². The molecule has 0 spiro atoms. The largest absolute Gasteiger partial charge is 0.354 e. The molecule has 0 saturated carbocycles. The molecule has 1 aromatic heterocycles. The molecule has 0 aliphatic rings. The monoisotopic (exact) mass is 231 g/mol. The van der Waals surface area contributed by atoms with E-state index in [1.165, 1.54) is 0 Å². The lowest BCUT2D eigenvalue weighted by atomic mass is 10.6. The minimum Gasteiger partial charge on any atom is -0.354 e. The van der Waals surface area contributed by atoms with E-state index in [4.69, 9.17) is 0 Å². The highest BCUT2D eigenvalue weighted by Crippen LogP contribution is 1.83. The van der Waals surface area contributed by atoms with Gasteiger partial charge in [-0.1, -0.05) is 15.9 Å². The second kappa shape index (κ2) is 4.92. The maximum absolute atomic E-state index is 10.8. The lowest BCUT2D eigenvalue weighted by Crippen LogP contribution is -2.27. The van der Waals surface area contributed by atoms with Gasteiger partial charge in [0.15, 0.2) is 0 Å². The van der Waals surface area contributed by atoms with Crippen molar-refractivity contribution in [3.8, 4) is 0 Å². The normalized spacial score (nSPS) is 9.75. The third-order valence-corrected chi connectivity index (χ3v) is 1.85. The Labute approximate surface area is 79.1 Å². The molecule has 0 unspecified atom stereocenters. The summed E-state index contributed by atoms with van der Waals surface area (Å²) in [6, 6.07) is 1.85. The van der Waals surface area contributed by atoms with Crippen LogP contribution in [0.3, 0.4) is 0 Å². The number of carbonyl (C=O) groups is 1. The Kier molecular flexibility index (Phi) is 3.79. The Morgan fingerprint density at radius 3 is 3.08 bits per heavy atom. The Morgan fingerprint density at radius 1 is 1.67 bits per heavy atom. The first kappa shape index (κ1) is 9.25. The average Bonchev–Trinajstić information content (AvgIpc) is 2.57. The maximum Gasteiger partial charge on any atom is 0.230 e. The molecule has 12 heavy (non-hydrogen) atoms. The van der Waals surface area contributed by atoms with Crippen LogP contribution in [0.1, 0.15) is 0 Å². The van der Waals surface area contributed by atoms with Gasteiger partial charge in [0.25, 0.3) is 0 Å². The Hall–Kier alpha value is -0.840. The highest BCUT2D eigenvalue weighted by molar-refractivity contribution is 9.09. The summed E-state index contributed by atoms with van der Waals surface area (Å²) >= 11 is 3.06. The topological polar surface area (TPSA) is 46.9 Å². The van der Waals surface area contributed by atoms with Crippen molar-refractivity contribution in [3.63, 3.8) is 0 Å². The Bertz CT molecular complexity index is 235. The van der Waals surface area contributed by atoms with E-state index in [-0.39, 0.29) is 5.91 Å². The first-order chi connectivity index (χ1) is 5.83. The third kappa shape index (κ3) is 3.04. The molecule has 0 aromatic carbocycles. The van der Waals surface area contributed by atoms with Crippen molar-refractivity contribution < 1.29 is 4.79 Å². The fourth-order valence-electron chi connectivity index (χ4n) is 0.790. The summed E-state index contributed by atoms with van der Waals surface area (Å²) in [4.78, 5) is 10.8. The molecule has 0 fully saturated rings. The van der Waals surface area contributed by atoms with Crippen LogP contribution in [0.2, 0.25) is 0 Å². The van der Waals surface area contributed by atoms with Crippen LogP contribution in [-0.4, -0.2) is 27.6 Å². The number of amides is 1. The van der Waals surface area contributed by atoms with Gasteiger partial charge in [0.2, 0.25) is 5.91 Å². The Balaban J connectivity index is 2.15. The SMILES string of the molecule is O=C(CBr)NCCn1cccn1. The molecule has 0 aliphatic heterocycles. The summed E-state index contributed by atoms with van der Waals surface area (Å²) in [5, 5.41) is 7.07. The van der Waals surface area contributed by atoms with Crippen LogP contribution in [0.5, 0.6) is 0 Å². The van der Waals surface area contributed by atoms with Gasteiger partial charge in [0.1, 0.15) is 0 Å². The van der Waals surface area contributed by atoms with Crippen LogP contribution in [0.25, 0.3) is 0 Å². The summed E-state index contributed by atoms with van der Waals surface area (Å²) < 4.78 is 1.77. The smallest absolute Gasteiger partial charge is 0.230 e. The first-order valence-electron chi connectivity index (χ1n) is 3.63. The van der Waals surface area contributed by atoms with E-state index in [9.17, 15) is 4.79 Å². The van der Waals surface area contributed by atoms with Crippen LogP contribution in [0, 0.1) is 0 Å². The predicted molar refractivity (Wildman–Crippen MR) is 49.0 cm³/mol. The van der Waals surface area contributed by atoms with Crippen LogP contribution in [-0.2, 0) is 11.3 Å². The predicted octanol–water partition coefficient (Wildman–Crippen LogP) is 0.394. The number of nitrogens with zero attached hydrogens (tertiary/aromatic N) is 2. The Morgan fingerprint density at radius 2 is 2.50 bits per heavy atom. The molecule has 1 heterocycles. The molecule has 5 heteroatoms. The lowest BCUT2D eigenvalue weighted by molar-refractivity contribution is -0.118. The van der Waals surface area contributed by atoms with Crippen LogP contribution < -0.4 is 5.32 Å². The number of halogens is 1. The molecule has 0 atom stereocenters. The van der Waals surface area contributed by atoms with Crippen molar-refractivity contribution >= 4 is 21.8 Å². The molecule has 0 bridgehead atoms. The second-order valence-corrected chi connectivity index (χ2v) is 2.81. The minimum atomic E-state index is 0.00200. The van der Waals surface area contributed by atoms with Crippen molar-refractivity contribution in [2.75, 3.05) is 11.9 Å². The molecule has 1 amide bonds. The number of alkyl halides is 1. The third-order valence-electron chi connectivity index (χ3n) is 1.34. The van der Waals surface area contributed by atoms with Gasteiger partial charge in [0, 0.05) is 18.9 Å². The minimum absolute atomic E-state index is 0.00200. The van der Waals surface area contributed by atoms with E-state index in [2.05, 4.69) is 26.3 Å². The highest BCUT2D eigenvalue weighted by Gasteiger charge is 1.95. The van der Waals surface area contributed by atoms with Crippen LogP contribution in [0.15, 0.2) is 18.5 Å². The fourth-order valence-corrected chi connectivity index (χ4v) is 0.988. The average molecular weight is 232 g/mol. The van der Waals surface area contributed by atoms with Gasteiger partial charge < -0.3 is 5.32 Å². The molecule has 0 radical (unpaired) electrons. The second-order valence-electron chi connectivity index (χ2n) is 2.25. The zero-order valence-corrected chi connectivity index (χ0v) is 8.12. The van der Waals surface area contributed by atoms with E-state index in [0.717, 1.165) is 0 Å². The summed E-state index contributed by atoms with van der Waals surface area (Å²) in [5.74, 6) is 0.00200. The summed E-state index contributed by atoms with van der Waals surface area (Å²) in [6.07, 6.45) is 3.58. The fraction of sp³-hybridized carbons (Fsp3) is 0.429. The van der Waals surface area contributed by atoms with Gasteiger partial charge in [-0.15, -0.1) is 0 Å². The highest BCUT2D eigenvalue weighted by atomic mass is 79.9. The standard InChI is InChI=1S/C7H10BrN3O/c8-6-7(12)9-3-5-11-4-1-2-10-11/h1-2,4H,3,5-6H2,(H,9,12). The zero-order chi connectivity index (χ0) is 8.81. The molecular formula is C7H10BrN3O. The summed E-state index contributed by atoms with van der Waals surface area (Å²) in [7, 11) is 0. The molecule has 1 N–H and O–H groups in total. The number of carbonyl (C=O) groups excluding carboxylic acids is 1. The van der Waals surface area contributed by atoms with Gasteiger partial charge in [-0.05, 0) is 6.07 Å². The van der Waals surface area contributed by atoms with Crippen molar-refractivity contribution in [3.05, 3.63) is 18.5 Å². The lowest BCUT2D eigenvalue weighted by Gasteiger charge is -2.02. The van der Waals surface area contributed by atoms with Crippen LogP contribution >= 0.6 is 15.9 Å². The summed E-state index contributed by atoms with van der Waals surface area (Å²) in [5.41, 5.74) is 0. The number of nitrogens with one attached hydrogen (secondary N) is 1. The molecule has 1 rings (SSSR count). The van der Waals surface area contributed by atoms with E-state index in [0.29, 0.717) is 18.4 Å². The van der Waals surface area contributed by atoms with Gasteiger partial charge in [-0.25, -0.2) is 0 Å². The van der Waals surface area contributed by atoms with Crippen molar-refractivity contribution in [2.24, 2.45) is 0 Å². The van der Waals surface area contributed by atoms with E-state index in [1.54, 1.807) is 10.9 Å². The number of hydrogen-bond donors (Lipinski definition) is 1. The van der Waals surface area contributed by atoms with Gasteiger partial charge in [-0.3, -0.25) is 9.48 Å². The number of aromatic nitrogens is 2. The molecule has 66 valence electrons. The number of rotatable bonds is 4. The molecule has 4 nitrogen and oxygen atoms in total. The van der Waals surface area contributed by atoms with Gasteiger partial charge >= 0.3 is 0 Å². The first-order valence-corrected chi connectivity index (χ1v) is 4.75. The van der Waals surface area contributed by atoms with Gasteiger partial charge in [-0.2, -0.15) is 5.10 Å². The van der Waals surface area contributed by atoms with E-state index in [1.807, 2.05) is 12.3 Å². The molecular weight excluding hydrogens is 222 g/mol. The molecule has 0 saturated heterocycles. The van der Waals surface area contributed by atoms with Crippen LogP contribution in [0.4, 0.5) is 0 Å². The van der Waals surface area contributed by atoms with Crippen molar-refractivity contribution in [1.82, 2.24) is 15.1 Å². The molecule has 1 aromatic rings. The quantitative estimate of drug-likeness (QED) is 0.763. The zero-order valence-electron chi connectivity index (χ0n) is 6.53. The number of hydrogen-bond acceptors (Lipinski definition) is 2. The molecule has 0 aliphatic carbocycles. The van der Waals surface area contributed by atoms with Crippen molar-refractivity contribution in [2.45, 2.75) is 6.54 Å². The van der Waals surface area contributed by atoms with E-state index >= 15 is 0 Å². The van der Waals surface area contributed by atoms with Gasteiger partial charge in [0.05, 0.1) is 11.9 Å². The van der Waals surface area contributed by atoms with Crippen molar-refractivity contribution in [1.29, 1.82) is 0 Å².